The average molecular weight is 244 g/mol. The minimum absolute atomic E-state index is 0.0371. The van der Waals surface area contributed by atoms with Crippen molar-refractivity contribution in [3.05, 3.63) is 52.9 Å². The zero-order valence-corrected chi connectivity index (χ0v) is 10.5. The number of nitrogens with zero attached hydrogens (tertiary/aromatic N) is 1. The van der Waals surface area contributed by atoms with Crippen molar-refractivity contribution < 1.29 is 4.74 Å². The van der Waals surface area contributed by atoms with Gasteiger partial charge in [0.1, 0.15) is 5.75 Å². The molecule has 1 aromatic heterocycles. The topological polar surface area (TPSA) is 57.2 Å². The molecular formula is C14H16N2O2. The van der Waals surface area contributed by atoms with Crippen molar-refractivity contribution in [2.24, 2.45) is 0 Å². The van der Waals surface area contributed by atoms with Crippen LogP contribution in [0.25, 0.3) is 5.69 Å². The summed E-state index contributed by atoms with van der Waals surface area (Å²) in [7, 11) is 0. The van der Waals surface area contributed by atoms with E-state index in [1.165, 1.54) is 6.07 Å². The Morgan fingerprint density at radius 2 is 2.00 bits per heavy atom. The monoisotopic (exact) mass is 244 g/mol. The minimum Gasteiger partial charge on any atom is -0.489 e. The predicted octanol–water partition coefficient (Wildman–Crippen LogP) is 2.21. The Labute approximate surface area is 106 Å². The zero-order valence-electron chi connectivity index (χ0n) is 10.5. The molecule has 94 valence electrons. The Kier molecular flexibility index (Phi) is 3.37. The van der Waals surface area contributed by atoms with E-state index in [0.29, 0.717) is 11.4 Å². The van der Waals surface area contributed by atoms with Crippen LogP contribution in [0.15, 0.2) is 47.4 Å². The summed E-state index contributed by atoms with van der Waals surface area (Å²) in [5.41, 5.74) is 7.06. The maximum absolute atomic E-state index is 11.7. The lowest BCUT2D eigenvalue weighted by atomic mass is 10.2. The van der Waals surface area contributed by atoms with E-state index in [0.717, 1.165) is 5.69 Å². The highest BCUT2D eigenvalue weighted by atomic mass is 16.5. The van der Waals surface area contributed by atoms with E-state index >= 15 is 0 Å². The summed E-state index contributed by atoms with van der Waals surface area (Å²) in [6.07, 6.45) is 1.75. The standard InChI is InChI=1S/C14H16N2O2/c1-10(2)18-13-9-11(6-7-12(13)15)16-8-4-3-5-14(16)17/h3-10H,15H2,1-2H3. The first-order valence-corrected chi connectivity index (χ1v) is 5.82. The molecule has 4 nitrogen and oxygen atoms in total. The van der Waals surface area contributed by atoms with E-state index in [1.54, 1.807) is 41.1 Å². The van der Waals surface area contributed by atoms with Crippen LogP contribution in [0.5, 0.6) is 5.75 Å². The van der Waals surface area contributed by atoms with Crippen LogP contribution < -0.4 is 16.0 Å². The number of hydrogen-bond acceptors (Lipinski definition) is 3. The van der Waals surface area contributed by atoms with E-state index in [1.807, 2.05) is 13.8 Å². The summed E-state index contributed by atoms with van der Waals surface area (Å²) in [5.74, 6) is 0.596. The van der Waals surface area contributed by atoms with E-state index in [2.05, 4.69) is 0 Å². The van der Waals surface area contributed by atoms with E-state index in [4.69, 9.17) is 10.5 Å². The summed E-state index contributed by atoms with van der Waals surface area (Å²) in [4.78, 5) is 11.7. The fraction of sp³-hybridized carbons (Fsp3) is 0.214. The van der Waals surface area contributed by atoms with Gasteiger partial charge in [0, 0.05) is 18.3 Å². The lowest BCUT2D eigenvalue weighted by Gasteiger charge is -2.14. The Balaban J connectivity index is 2.47. The molecule has 0 saturated heterocycles. The molecule has 0 fully saturated rings. The van der Waals surface area contributed by atoms with Crippen molar-refractivity contribution in [3.63, 3.8) is 0 Å². The largest absolute Gasteiger partial charge is 0.489 e. The van der Waals surface area contributed by atoms with Crippen molar-refractivity contribution in [2.45, 2.75) is 20.0 Å². The smallest absolute Gasteiger partial charge is 0.255 e. The lowest BCUT2D eigenvalue weighted by Crippen LogP contribution is -2.16. The molecule has 0 radical (unpaired) electrons. The number of rotatable bonds is 3. The Morgan fingerprint density at radius 1 is 1.22 bits per heavy atom. The van der Waals surface area contributed by atoms with Crippen LogP contribution in [0.2, 0.25) is 0 Å². The van der Waals surface area contributed by atoms with Gasteiger partial charge in [-0.15, -0.1) is 0 Å². The molecule has 4 heteroatoms. The molecule has 2 aromatic rings. The van der Waals surface area contributed by atoms with Gasteiger partial charge in [0.05, 0.1) is 17.5 Å². The van der Waals surface area contributed by atoms with Crippen LogP contribution in [0.1, 0.15) is 13.8 Å². The first kappa shape index (κ1) is 12.2. The number of anilines is 1. The lowest BCUT2D eigenvalue weighted by molar-refractivity contribution is 0.244. The summed E-state index contributed by atoms with van der Waals surface area (Å²) < 4.78 is 7.15. The molecule has 0 atom stereocenters. The molecule has 1 aromatic carbocycles. The van der Waals surface area contributed by atoms with Gasteiger partial charge < -0.3 is 10.5 Å². The Morgan fingerprint density at radius 3 is 2.67 bits per heavy atom. The first-order valence-electron chi connectivity index (χ1n) is 5.82. The zero-order chi connectivity index (χ0) is 13.1. The average Bonchev–Trinajstić information content (AvgIpc) is 2.32. The fourth-order valence-electron chi connectivity index (χ4n) is 1.67. The number of nitrogen functional groups attached to an aromatic ring is 1. The fourth-order valence-corrected chi connectivity index (χ4v) is 1.67. The van der Waals surface area contributed by atoms with Crippen molar-refractivity contribution >= 4 is 5.69 Å². The number of hydrogen-bond donors (Lipinski definition) is 1. The molecule has 1 heterocycles. The highest BCUT2D eigenvalue weighted by Gasteiger charge is 2.06. The highest BCUT2D eigenvalue weighted by Crippen LogP contribution is 2.25. The number of benzene rings is 1. The van der Waals surface area contributed by atoms with Crippen LogP contribution >= 0.6 is 0 Å². The SMILES string of the molecule is CC(C)Oc1cc(-n2ccccc2=O)ccc1N. The van der Waals surface area contributed by atoms with Gasteiger partial charge in [0.15, 0.2) is 0 Å². The second-order valence-corrected chi connectivity index (χ2v) is 4.30. The van der Waals surface area contributed by atoms with E-state index in [-0.39, 0.29) is 11.7 Å². The molecule has 2 N–H and O–H groups in total. The van der Waals surface area contributed by atoms with Gasteiger partial charge in [-0.25, -0.2) is 0 Å². The van der Waals surface area contributed by atoms with Crippen LogP contribution in [0.3, 0.4) is 0 Å². The van der Waals surface area contributed by atoms with Crippen molar-refractivity contribution in [1.29, 1.82) is 0 Å². The van der Waals surface area contributed by atoms with Crippen molar-refractivity contribution in [2.75, 3.05) is 5.73 Å². The Hall–Kier alpha value is -2.23. The molecule has 0 aliphatic carbocycles. The van der Waals surface area contributed by atoms with Crippen LogP contribution in [-0.2, 0) is 0 Å². The predicted molar refractivity (Wildman–Crippen MR) is 72.2 cm³/mol. The molecule has 0 unspecified atom stereocenters. The van der Waals surface area contributed by atoms with Gasteiger partial charge in [-0.3, -0.25) is 9.36 Å². The van der Waals surface area contributed by atoms with Gasteiger partial charge in [-0.2, -0.15) is 0 Å². The minimum atomic E-state index is -0.0854. The van der Waals surface area contributed by atoms with Crippen molar-refractivity contribution in [1.82, 2.24) is 4.57 Å². The van der Waals surface area contributed by atoms with Crippen LogP contribution in [0.4, 0.5) is 5.69 Å². The number of aromatic nitrogens is 1. The van der Waals surface area contributed by atoms with Gasteiger partial charge in [-0.05, 0) is 32.0 Å². The summed E-state index contributed by atoms with van der Waals surface area (Å²) in [5, 5.41) is 0. The molecule has 18 heavy (non-hydrogen) atoms. The number of ether oxygens (including phenoxy) is 1. The van der Waals surface area contributed by atoms with E-state index in [9.17, 15) is 4.79 Å². The molecule has 0 saturated carbocycles. The third kappa shape index (κ3) is 2.53. The van der Waals surface area contributed by atoms with Gasteiger partial charge >= 0.3 is 0 Å². The quantitative estimate of drug-likeness (QED) is 0.842. The third-order valence-electron chi connectivity index (χ3n) is 2.46. The summed E-state index contributed by atoms with van der Waals surface area (Å²) in [6.45, 7) is 3.86. The third-order valence-corrected chi connectivity index (χ3v) is 2.46. The maximum Gasteiger partial charge on any atom is 0.255 e. The van der Waals surface area contributed by atoms with Gasteiger partial charge in [0.2, 0.25) is 0 Å². The van der Waals surface area contributed by atoms with Crippen molar-refractivity contribution in [3.8, 4) is 11.4 Å². The highest BCUT2D eigenvalue weighted by molar-refractivity contribution is 5.57. The van der Waals surface area contributed by atoms with Gasteiger partial charge in [0.25, 0.3) is 5.56 Å². The molecule has 0 amide bonds. The van der Waals surface area contributed by atoms with Crippen LogP contribution in [0, 0.1) is 0 Å². The molecule has 0 aliphatic heterocycles. The summed E-state index contributed by atoms with van der Waals surface area (Å²) in [6, 6.07) is 10.3. The maximum atomic E-state index is 11.7. The number of nitrogens with two attached hydrogens (primary N) is 1. The van der Waals surface area contributed by atoms with Gasteiger partial charge in [-0.1, -0.05) is 6.07 Å². The second-order valence-electron chi connectivity index (χ2n) is 4.30. The molecule has 0 aliphatic rings. The normalized spacial score (nSPS) is 10.6. The van der Waals surface area contributed by atoms with Crippen LogP contribution in [-0.4, -0.2) is 10.7 Å². The first-order chi connectivity index (χ1) is 8.58. The molecule has 0 spiro atoms. The Bertz CT molecular complexity index is 603. The second kappa shape index (κ2) is 4.96. The molecule has 0 bridgehead atoms. The summed E-state index contributed by atoms with van der Waals surface area (Å²) >= 11 is 0. The van der Waals surface area contributed by atoms with E-state index < -0.39 is 0 Å². The molecule has 2 rings (SSSR count). The number of pyridine rings is 1. The molecular weight excluding hydrogens is 228 g/mol.